The second kappa shape index (κ2) is 20.9. The van der Waals surface area contributed by atoms with Gasteiger partial charge in [0.15, 0.2) is 0 Å². The Morgan fingerprint density at radius 1 is 0.476 bits per heavy atom. The number of furan rings is 1. The van der Waals surface area contributed by atoms with Crippen molar-refractivity contribution in [3.05, 3.63) is 235 Å². The van der Waals surface area contributed by atoms with Crippen LogP contribution in [0.5, 0.6) is 11.5 Å². The van der Waals surface area contributed by atoms with Gasteiger partial charge in [0.2, 0.25) is 0 Å². The van der Waals surface area contributed by atoms with Crippen molar-refractivity contribution in [1.29, 1.82) is 0 Å². The Balaban J connectivity index is 0.00000694. The molecule has 0 amide bonds. The van der Waals surface area contributed by atoms with E-state index < -0.39 is 0 Å². The van der Waals surface area contributed by atoms with Gasteiger partial charge in [-0.3, -0.25) is 0 Å². The fourth-order valence-corrected chi connectivity index (χ4v) is 11.8. The van der Waals surface area contributed by atoms with Gasteiger partial charge in [0, 0.05) is 88.8 Å². The molecule has 0 bridgehead atoms. The van der Waals surface area contributed by atoms with Gasteiger partial charge in [-0.25, -0.2) is 4.98 Å². The number of benzene rings is 9. The Labute approximate surface area is 510 Å². The van der Waals surface area contributed by atoms with Crippen molar-refractivity contribution in [2.45, 2.75) is 112 Å². The molecule has 3 aromatic heterocycles. The normalized spacial score (nSPS) is 13.1. The molecule has 424 valence electrons. The van der Waals surface area contributed by atoms with Gasteiger partial charge in [0.1, 0.15) is 17.0 Å². The summed E-state index contributed by atoms with van der Waals surface area (Å²) in [5.41, 5.74) is 20.2. The van der Waals surface area contributed by atoms with Gasteiger partial charge in [0.05, 0.1) is 0 Å². The molecule has 1 aliphatic heterocycles. The van der Waals surface area contributed by atoms with E-state index in [9.17, 15) is 0 Å². The maximum Gasteiger partial charge on any atom is 0.135 e. The number of nitrogens with zero attached hydrogens (tertiary/aromatic N) is 4. The minimum Gasteiger partial charge on any atom is -0.509 e. The zero-order valence-corrected chi connectivity index (χ0v) is 52.7. The van der Waals surface area contributed by atoms with E-state index in [0.717, 1.165) is 111 Å². The van der Waals surface area contributed by atoms with Crippen LogP contribution in [0.25, 0.3) is 82.9 Å². The van der Waals surface area contributed by atoms with Crippen LogP contribution in [-0.4, -0.2) is 9.55 Å². The SMILES string of the molecule is Cc1cc(-n2c3[c-]c(Oc4[c-]c(N5[CH-]N(c6c(-c7ccccc7)cc(C(C)(C)C)cc6-c6ccccc6)c6ccccc65)cc(C(C)(C)C)c4)ccc3c3c4oc5ccccc5c4ccc32)ncc1-c1cc(C(C)(C)C)cc(C(C)(C)C)c1.[Pt]. The smallest absolute Gasteiger partial charge is 0.135 e. The number of ether oxygens (including phenoxy) is 1. The van der Waals surface area contributed by atoms with Crippen molar-refractivity contribution in [2.24, 2.45) is 0 Å². The number of aromatic nitrogens is 2. The molecular formula is C77H71N4O2Pt-3. The van der Waals surface area contributed by atoms with E-state index in [4.69, 9.17) is 14.1 Å². The van der Waals surface area contributed by atoms with Gasteiger partial charge in [-0.05, 0) is 121 Å². The van der Waals surface area contributed by atoms with Crippen molar-refractivity contribution < 1.29 is 30.2 Å². The number of hydrogen-bond acceptors (Lipinski definition) is 5. The van der Waals surface area contributed by atoms with Crippen LogP contribution in [0.1, 0.15) is 111 Å². The summed E-state index contributed by atoms with van der Waals surface area (Å²) < 4.78 is 16.1. The van der Waals surface area contributed by atoms with Crippen molar-refractivity contribution >= 4 is 66.5 Å². The average Bonchev–Trinajstić information content (AvgIpc) is 2.71. The standard InChI is InChI=1S/C77H71N4O2.Pt/c1-48-36-70(78-46-64(48)51-37-52(74(2,3)4)39-53(38-51)75(5,6)7)81-67-35-34-60-59-28-20-23-31-69(59)83-73(60)71(67)61-33-32-57(45-68(61)81)82-58-41-54(76(8,9)10)40-56(44-58)79-47-80(66-30-22-21-29-65(66)79)72-62(49-24-16-14-17-25-49)42-55(77(11,12)13)43-63(72)50-26-18-15-19-27-50;/h14-43,46-47H,1-13H3;/q-3;. The van der Waals surface area contributed by atoms with E-state index >= 15 is 0 Å². The number of fused-ring (bicyclic) bond motifs is 8. The first kappa shape index (κ1) is 56.3. The number of anilines is 4. The first-order valence-corrected chi connectivity index (χ1v) is 29.1. The maximum atomic E-state index is 7.10. The molecule has 7 heteroatoms. The Kier molecular flexibility index (Phi) is 14.0. The van der Waals surface area contributed by atoms with Crippen LogP contribution >= 0.6 is 0 Å². The van der Waals surface area contributed by atoms with E-state index in [1.807, 2.05) is 24.4 Å². The Morgan fingerprint density at radius 3 is 1.63 bits per heavy atom. The molecule has 0 spiro atoms. The molecule has 0 N–H and O–H groups in total. The van der Waals surface area contributed by atoms with E-state index in [2.05, 4.69) is 287 Å². The molecule has 0 aliphatic carbocycles. The Bertz CT molecular complexity index is 4410. The first-order valence-electron chi connectivity index (χ1n) is 29.1. The van der Waals surface area contributed by atoms with Crippen LogP contribution < -0.4 is 14.5 Å². The molecule has 9 aromatic carbocycles. The monoisotopic (exact) mass is 1280 g/mol. The fourth-order valence-electron chi connectivity index (χ4n) is 11.8. The second-order valence-electron chi connectivity index (χ2n) is 26.7. The largest absolute Gasteiger partial charge is 0.509 e. The van der Waals surface area contributed by atoms with Gasteiger partial charge in [-0.2, -0.15) is 6.07 Å². The van der Waals surface area contributed by atoms with Crippen molar-refractivity contribution in [1.82, 2.24) is 9.55 Å². The Morgan fingerprint density at radius 2 is 1.02 bits per heavy atom. The molecule has 0 saturated carbocycles. The fraction of sp³-hybridized carbons (Fsp3) is 0.221. The summed E-state index contributed by atoms with van der Waals surface area (Å²) in [4.78, 5) is 9.97. The summed E-state index contributed by atoms with van der Waals surface area (Å²) in [7, 11) is 0. The Hall–Kier alpha value is -8.18. The topological polar surface area (TPSA) is 46.7 Å². The molecular weight excluding hydrogens is 1210 g/mol. The summed E-state index contributed by atoms with van der Waals surface area (Å²) in [6.45, 7) is 31.8. The van der Waals surface area contributed by atoms with Gasteiger partial charge >= 0.3 is 0 Å². The van der Waals surface area contributed by atoms with Gasteiger partial charge in [-0.15, -0.1) is 48.3 Å². The molecule has 13 rings (SSSR count). The molecule has 1 aliphatic rings. The minimum atomic E-state index is -0.235. The number of para-hydroxylation sites is 3. The van der Waals surface area contributed by atoms with E-state index in [-0.39, 0.29) is 42.7 Å². The maximum absolute atomic E-state index is 7.10. The summed E-state index contributed by atoms with van der Waals surface area (Å²) in [6, 6.07) is 73.1. The zero-order valence-electron chi connectivity index (χ0n) is 50.4. The van der Waals surface area contributed by atoms with Crippen molar-refractivity contribution in [3.63, 3.8) is 0 Å². The van der Waals surface area contributed by atoms with Gasteiger partial charge in [0.25, 0.3) is 0 Å². The van der Waals surface area contributed by atoms with Gasteiger partial charge in [-0.1, -0.05) is 203 Å². The van der Waals surface area contributed by atoms with E-state index in [0.29, 0.717) is 11.5 Å². The van der Waals surface area contributed by atoms with E-state index in [1.54, 1.807) is 0 Å². The predicted octanol–water partition coefficient (Wildman–Crippen LogP) is 21.4. The van der Waals surface area contributed by atoms with Crippen LogP contribution in [-0.2, 0) is 42.7 Å². The molecule has 0 unspecified atom stereocenters. The molecule has 6 nitrogen and oxygen atoms in total. The first-order chi connectivity index (χ1) is 39.6. The van der Waals surface area contributed by atoms with Crippen molar-refractivity contribution in [2.75, 3.05) is 9.80 Å². The summed E-state index contributed by atoms with van der Waals surface area (Å²) in [5.74, 6) is 1.93. The molecule has 0 fully saturated rings. The van der Waals surface area contributed by atoms with Crippen molar-refractivity contribution in [3.8, 4) is 50.7 Å². The molecule has 4 heterocycles. The van der Waals surface area contributed by atoms with Crippen LogP contribution in [0.2, 0.25) is 0 Å². The third-order valence-electron chi connectivity index (χ3n) is 16.7. The summed E-state index contributed by atoms with van der Waals surface area (Å²) >= 11 is 0. The minimum absolute atomic E-state index is 0. The third-order valence-corrected chi connectivity index (χ3v) is 16.7. The molecule has 0 saturated heterocycles. The molecule has 0 radical (unpaired) electrons. The predicted molar refractivity (Wildman–Crippen MR) is 347 cm³/mol. The third kappa shape index (κ3) is 10.1. The van der Waals surface area contributed by atoms with Gasteiger partial charge < -0.3 is 23.5 Å². The number of rotatable bonds is 8. The van der Waals surface area contributed by atoms with Crippen LogP contribution in [0.4, 0.5) is 22.7 Å². The van der Waals surface area contributed by atoms with Crippen LogP contribution in [0.15, 0.2) is 193 Å². The summed E-state index contributed by atoms with van der Waals surface area (Å²) in [6.07, 6.45) is 2.05. The second-order valence-corrected chi connectivity index (χ2v) is 26.7. The van der Waals surface area contributed by atoms with E-state index in [1.165, 1.54) is 22.3 Å². The molecule has 12 aromatic rings. The average molecular weight is 1280 g/mol. The van der Waals surface area contributed by atoms with Crippen LogP contribution in [0, 0.1) is 25.7 Å². The number of aryl methyl sites for hydroxylation is 1. The van der Waals surface area contributed by atoms with Crippen LogP contribution in [0.3, 0.4) is 0 Å². The number of pyridine rings is 1. The number of hydrogen-bond donors (Lipinski definition) is 0. The zero-order chi connectivity index (χ0) is 57.9. The summed E-state index contributed by atoms with van der Waals surface area (Å²) in [5, 5.41) is 4.14. The quantitative estimate of drug-likeness (QED) is 0.142. The molecule has 0 atom stereocenters. The molecule has 84 heavy (non-hydrogen) atoms.